The summed E-state index contributed by atoms with van der Waals surface area (Å²) >= 11 is 0. The lowest BCUT2D eigenvalue weighted by Crippen LogP contribution is -2.60. The van der Waals surface area contributed by atoms with Crippen molar-refractivity contribution in [3.63, 3.8) is 0 Å². The highest BCUT2D eigenvalue weighted by Crippen LogP contribution is 2.25. The Morgan fingerprint density at radius 1 is 0.557 bits per heavy atom. The molecule has 70 heavy (non-hydrogen) atoms. The molecular formula is C59H108N4O7. The van der Waals surface area contributed by atoms with Crippen LogP contribution in [0.25, 0.3) is 0 Å². The van der Waals surface area contributed by atoms with E-state index in [0.29, 0.717) is 19.4 Å². The normalized spacial score (nSPS) is 19.7. The number of unbranched alkanes of at least 4 members (excludes halogenated alkanes) is 34. The summed E-state index contributed by atoms with van der Waals surface area (Å²) in [5.41, 5.74) is 1.85. The van der Waals surface area contributed by atoms with Gasteiger partial charge in [-0.2, -0.15) is 0 Å². The molecule has 2 aromatic rings. The molecule has 406 valence electrons. The molecule has 0 bridgehead atoms. The van der Waals surface area contributed by atoms with Gasteiger partial charge in [-0.1, -0.05) is 274 Å². The first kappa shape index (κ1) is 62.3. The monoisotopic (exact) mass is 985 g/mol. The van der Waals surface area contributed by atoms with E-state index in [1.165, 1.54) is 199 Å². The molecule has 11 heteroatoms. The van der Waals surface area contributed by atoms with Crippen molar-refractivity contribution in [1.29, 1.82) is 0 Å². The third kappa shape index (κ3) is 29.7. The van der Waals surface area contributed by atoms with Crippen LogP contribution in [0.15, 0.2) is 36.5 Å². The number of aliphatic hydroxyl groups is 5. The van der Waals surface area contributed by atoms with Crippen molar-refractivity contribution in [2.45, 2.75) is 313 Å². The third-order valence-corrected chi connectivity index (χ3v) is 14.9. The van der Waals surface area contributed by atoms with Crippen LogP contribution in [0.2, 0.25) is 0 Å². The molecule has 0 unspecified atom stereocenters. The van der Waals surface area contributed by atoms with Gasteiger partial charge in [-0.25, -0.2) is 4.68 Å². The number of rotatable bonds is 48. The molecule has 0 spiro atoms. The van der Waals surface area contributed by atoms with E-state index in [-0.39, 0.29) is 13.2 Å². The molecule has 0 radical (unpaired) electrons. The maximum absolute atomic E-state index is 11.5. The van der Waals surface area contributed by atoms with Crippen molar-refractivity contribution < 1.29 is 35.0 Å². The Morgan fingerprint density at radius 2 is 0.986 bits per heavy atom. The molecule has 1 aromatic carbocycles. The summed E-state index contributed by atoms with van der Waals surface area (Å²) in [4.78, 5) is 0. The number of nitrogens with zero attached hydrogens (tertiary/aromatic N) is 3. The molecule has 1 fully saturated rings. The number of aliphatic hydroxyl groups excluding tert-OH is 5. The second kappa shape index (κ2) is 42.4. The molecule has 8 atom stereocenters. The Bertz CT molecular complexity index is 1440. The SMILES string of the molecule is CCCCCCCCCCCCCCCCCCCCCCCCCCN[C@@H](CO[C@@H]1O[C@H](Cn2cc(Cc3ccccc3)nn2)[C@H](O)[C@H](O)[C@H]1O)[C@H](O)[C@H](O)CCCCCCCCCCCCCC. The van der Waals surface area contributed by atoms with Crippen molar-refractivity contribution in [2.75, 3.05) is 13.2 Å². The number of ether oxygens (including phenoxy) is 2. The predicted octanol–water partition coefficient (Wildman–Crippen LogP) is 12.8. The molecule has 0 amide bonds. The maximum Gasteiger partial charge on any atom is 0.186 e. The van der Waals surface area contributed by atoms with E-state index >= 15 is 0 Å². The van der Waals surface area contributed by atoms with Crippen LogP contribution >= 0.6 is 0 Å². The van der Waals surface area contributed by atoms with E-state index in [4.69, 9.17) is 9.47 Å². The van der Waals surface area contributed by atoms with Crippen LogP contribution in [0, 0.1) is 0 Å². The second-order valence-corrected chi connectivity index (χ2v) is 21.4. The zero-order valence-electron chi connectivity index (χ0n) is 45.0. The molecule has 1 aliphatic rings. The van der Waals surface area contributed by atoms with Crippen molar-refractivity contribution in [3.05, 3.63) is 47.8 Å². The van der Waals surface area contributed by atoms with E-state index in [1.54, 1.807) is 10.9 Å². The zero-order valence-corrected chi connectivity index (χ0v) is 45.0. The lowest BCUT2D eigenvalue weighted by Gasteiger charge is -2.41. The molecule has 3 rings (SSSR count). The highest BCUT2D eigenvalue weighted by Gasteiger charge is 2.45. The van der Waals surface area contributed by atoms with Crippen LogP contribution in [0.1, 0.15) is 263 Å². The average molecular weight is 986 g/mol. The number of hydrogen-bond acceptors (Lipinski definition) is 10. The number of aromatic nitrogens is 3. The Balaban J connectivity index is 1.33. The highest BCUT2D eigenvalue weighted by atomic mass is 16.7. The predicted molar refractivity (Wildman–Crippen MR) is 288 cm³/mol. The van der Waals surface area contributed by atoms with Gasteiger partial charge in [0.1, 0.15) is 24.4 Å². The first-order chi connectivity index (χ1) is 34.3. The number of nitrogens with one attached hydrogen (secondary N) is 1. The lowest BCUT2D eigenvalue weighted by molar-refractivity contribution is -0.301. The van der Waals surface area contributed by atoms with Gasteiger partial charge in [0.05, 0.1) is 37.1 Å². The minimum atomic E-state index is -1.51. The fourth-order valence-corrected chi connectivity index (χ4v) is 10.2. The summed E-state index contributed by atoms with van der Waals surface area (Å²) in [7, 11) is 0. The Hall–Kier alpha value is -1.96. The lowest BCUT2D eigenvalue weighted by atomic mass is 9.98. The summed E-state index contributed by atoms with van der Waals surface area (Å²) in [5.74, 6) is 0. The van der Waals surface area contributed by atoms with Gasteiger partial charge in [-0.15, -0.1) is 5.10 Å². The van der Waals surface area contributed by atoms with Gasteiger partial charge < -0.3 is 40.3 Å². The smallest absolute Gasteiger partial charge is 0.186 e. The summed E-state index contributed by atoms with van der Waals surface area (Å²) in [5, 5.41) is 67.3. The average Bonchev–Trinajstić information content (AvgIpc) is 3.81. The van der Waals surface area contributed by atoms with Gasteiger partial charge in [-0.3, -0.25) is 0 Å². The van der Waals surface area contributed by atoms with Gasteiger partial charge in [-0.05, 0) is 24.9 Å². The van der Waals surface area contributed by atoms with Gasteiger partial charge in [0.15, 0.2) is 6.29 Å². The molecule has 1 aromatic heterocycles. The van der Waals surface area contributed by atoms with Crippen LogP contribution in [-0.2, 0) is 22.4 Å². The maximum atomic E-state index is 11.5. The van der Waals surface area contributed by atoms with Crippen LogP contribution in [0.3, 0.4) is 0 Å². The zero-order chi connectivity index (χ0) is 50.1. The van der Waals surface area contributed by atoms with E-state index in [9.17, 15) is 25.5 Å². The fraction of sp³-hybridized carbons (Fsp3) is 0.864. The van der Waals surface area contributed by atoms with Crippen molar-refractivity contribution in [3.8, 4) is 0 Å². The fourth-order valence-electron chi connectivity index (χ4n) is 10.2. The van der Waals surface area contributed by atoms with Gasteiger partial charge in [0.2, 0.25) is 0 Å². The second-order valence-electron chi connectivity index (χ2n) is 21.4. The topological polar surface area (TPSA) is 162 Å². The summed E-state index contributed by atoms with van der Waals surface area (Å²) in [6.07, 6.45) is 41.5. The molecule has 0 saturated carbocycles. The van der Waals surface area contributed by atoms with Crippen molar-refractivity contribution in [2.24, 2.45) is 0 Å². The third-order valence-electron chi connectivity index (χ3n) is 14.9. The quantitative estimate of drug-likeness (QED) is 0.0352. The Morgan fingerprint density at radius 3 is 1.44 bits per heavy atom. The number of benzene rings is 1. The summed E-state index contributed by atoms with van der Waals surface area (Å²) in [6, 6.07) is 9.34. The largest absolute Gasteiger partial charge is 0.390 e. The molecular weight excluding hydrogens is 877 g/mol. The van der Waals surface area contributed by atoms with E-state index in [0.717, 1.165) is 43.4 Å². The first-order valence-corrected chi connectivity index (χ1v) is 29.7. The standard InChI is InChI=1S/C59H108N4O7/c1-3-5-7-9-11-13-15-17-18-19-20-21-22-23-24-25-26-27-28-30-32-34-36-41-45-60-52(55(65)53(64)44-40-35-33-31-29-16-14-12-10-8-6-4-2)49-69-59-58(68)57(67)56(66)54(70-59)48-63-47-51(61-62-63)46-50-42-38-37-39-43-50/h37-39,42-43,47,52-60,64-68H,3-36,40-41,44-46,48-49H2,1-2H3/t52-,53+,54+,55-,56-,57-,58+,59+/m0/s1. The molecule has 1 saturated heterocycles. The van der Waals surface area contributed by atoms with Crippen LogP contribution < -0.4 is 5.32 Å². The Kier molecular flexibility index (Phi) is 37.8. The molecule has 0 aliphatic carbocycles. The first-order valence-electron chi connectivity index (χ1n) is 29.7. The van der Waals surface area contributed by atoms with Gasteiger partial charge in [0, 0.05) is 12.6 Å². The molecule has 11 nitrogen and oxygen atoms in total. The van der Waals surface area contributed by atoms with Crippen molar-refractivity contribution in [1.82, 2.24) is 20.3 Å². The Labute approximate surface area is 428 Å². The van der Waals surface area contributed by atoms with E-state index in [1.807, 2.05) is 30.3 Å². The van der Waals surface area contributed by atoms with Crippen molar-refractivity contribution >= 4 is 0 Å². The minimum absolute atomic E-state index is 0.0577. The van der Waals surface area contributed by atoms with Crippen LogP contribution in [-0.4, -0.2) is 103 Å². The number of hydrogen-bond donors (Lipinski definition) is 6. The van der Waals surface area contributed by atoms with Gasteiger partial charge >= 0.3 is 0 Å². The molecule has 1 aliphatic heterocycles. The van der Waals surface area contributed by atoms with E-state index < -0.39 is 49.0 Å². The minimum Gasteiger partial charge on any atom is -0.390 e. The van der Waals surface area contributed by atoms with Crippen LogP contribution in [0.5, 0.6) is 0 Å². The summed E-state index contributed by atoms with van der Waals surface area (Å²) < 4.78 is 13.7. The van der Waals surface area contributed by atoms with E-state index in [2.05, 4.69) is 29.5 Å². The highest BCUT2D eigenvalue weighted by molar-refractivity contribution is 5.19. The molecule has 6 N–H and O–H groups in total. The molecule has 2 heterocycles. The van der Waals surface area contributed by atoms with Crippen LogP contribution in [0.4, 0.5) is 0 Å². The summed E-state index contributed by atoms with van der Waals surface area (Å²) in [6.45, 7) is 5.24. The van der Waals surface area contributed by atoms with Gasteiger partial charge in [0.25, 0.3) is 0 Å².